The second-order valence-corrected chi connectivity index (χ2v) is 14.5. The highest BCUT2D eigenvalue weighted by molar-refractivity contribution is 6.20. The third kappa shape index (κ3) is 38.3. The quantitative estimate of drug-likeness (QED) is 0.0494. The first-order chi connectivity index (χ1) is 20.3. The molecule has 41 heavy (non-hydrogen) atoms. The van der Waals surface area contributed by atoms with Gasteiger partial charge in [0.25, 0.3) is 0 Å². The average molecular weight is 598 g/mol. The topological polar surface area (TPSA) is 0 Å². The lowest BCUT2D eigenvalue weighted by Gasteiger charge is -2.08. The minimum Gasteiger partial charge on any atom is -0.123 e. The number of hydrogen-bond donors (Lipinski definition) is 0. The molecule has 0 aromatic rings. The Morgan fingerprint density at radius 2 is 0.390 bits per heavy atom. The maximum atomic E-state index is 6.44. The van der Waals surface area contributed by atoms with Gasteiger partial charge in [0.2, 0.25) is 0 Å². The fourth-order valence-electron chi connectivity index (χ4n) is 6.50. The van der Waals surface area contributed by atoms with E-state index in [9.17, 15) is 0 Å². The van der Waals surface area contributed by atoms with Crippen molar-refractivity contribution in [2.24, 2.45) is 0 Å². The molecule has 0 fully saturated rings. The van der Waals surface area contributed by atoms with Crippen molar-refractivity contribution in [3.05, 3.63) is 0 Å². The Balaban J connectivity index is 3.06. The van der Waals surface area contributed by atoms with Gasteiger partial charge in [0.1, 0.15) is 0 Å². The molecule has 0 aliphatic heterocycles. The Bertz CT molecular complexity index is 433. The van der Waals surface area contributed by atoms with Crippen LogP contribution in [0.15, 0.2) is 0 Å². The normalized spacial score (nSPS) is 12.4. The van der Waals surface area contributed by atoms with E-state index in [1.54, 1.807) is 0 Å². The lowest BCUT2D eigenvalue weighted by molar-refractivity contribution is 0.510. The summed E-state index contributed by atoms with van der Waals surface area (Å²) in [6.07, 6.45) is 53.5. The third-order valence-corrected chi connectivity index (χ3v) is 9.93. The number of hydrogen-bond acceptors (Lipinski definition) is 0. The molecule has 0 spiro atoms. The Kier molecular flexibility index (Phi) is 38.6. The van der Waals surface area contributed by atoms with Crippen molar-refractivity contribution in [1.82, 2.24) is 0 Å². The predicted octanol–water partition coefficient (Wildman–Crippen LogP) is 16.1. The molecule has 1 unspecified atom stereocenters. The lowest BCUT2D eigenvalue weighted by Crippen LogP contribution is -1.98. The molecule has 0 radical (unpaired) electrons. The molecule has 0 saturated heterocycles. The van der Waals surface area contributed by atoms with Gasteiger partial charge in [-0.25, -0.2) is 0 Å². The van der Waals surface area contributed by atoms with Crippen molar-refractivity contribution in [1.29, 1.82) is 0 Å². The van der Waals surface area contributed by atoms with E-state index in [1.165, 1.54) is 238 Å². The van der Waals surface area contributed by atoms with Gasteiger partial charge in [-0.05, 0) is 12.8 Å². The lowest BCUT2D eigenvalue weighted by atomic mass is 10.0. The Morgan fingerprint density at radius 1 is 0.244 bits per heavy atom. The van der Waals surface area contributed by atoms with Crippen LogP contribution < -0.4 is 0 Å². The van der Waals surface area contributed by atoms with Gasteiger partial charge in [0.15, 0.2) is 0 Å². The molecule has 0 N–H and O–H groups in total. The highest BCUT2D eigenvalue weighted by atomic mass is 35.5. The number of unbranched alkanes of at least 4 members (excludes halogenated alkanes) is 33. The molecule has 0 bridgehead atoms. The molecular formula is C40H81Cl. The van der Waals surface area contributed by atoms with Crippen LogP contribution in [0.5, 0.6) is 0 Å². The van der Waals surface area contributed by atoms with Crippen molar-refractivity contribution >= 4 is 11.6 Å². The Labute approximate surface area is 267 Å². The fourth-order valence-corrected chi connectivity index (χ4v) is 6.81. The summed E-state index contributed by atoms with van der Waals surface area (Å²) in [5.74, 6) is 0. The van der Waals surface area contributed by atoms with Gasteiger partial charge in [-0.3, -0.25) is 0 Å². The first kappa shape index (κ1) is 41.3. The van der Waals surface area contributed by atoms with E-state index in [4.69, 9.17) is 11.6 Å². The van der Waals surface area contributed by atoms with Gasteiger partial charge in [-0.2, -0.15) is 0 Å². The van der Waals surface area contributed by atoms with Crippen molar-refractivity contribution in [2.75, 3.05) is 0 Å². The van der Waals surface area contributed by atoms with Crippen LogP contribution in [0, 0.1) is 0 Å². The van der Waals surface area contributed by atoms with E-state index in [-0.39, 0.29) is 0 Å². The van der Waals surface area contributed by atoms with Gasteiger partial charge in [0, 0.05) is 5.38 Å². The van der Waals surface area contributed by atoms with E-state index in [2.05, 4.69) is 13.8 Å². The van der Waals surface area contributed by atoms with Gasteiger partial charge in [-0.1, -0.05) is 239 Å². The molecule has 0 aliphatic carbocycles. The van der Waals surface area contributed by atoms with Gasteiger partial charge in [-0.15, -0.1) is 11.6 Å². The van der Waals surface area contributed by atoms with Crippen molar-refractivity contribution in [3.8, 4) is 0 Å². The largest absolute Gasteiger partial charge is 0.123 e. The zero-order chi connectivity index (χ0) is 29.7. The molecule has 248 valence electrons. The van der Waals surface area contributed by atoms with Crippen LogP contribution in [0.3, 0.4) is 0 Å². The first-order valence-corrected chi connectivity index (χ1v) is 20.4. The van der Waals surface area contributed by atoms with E-state index in [1.807, 2.05) is 0 Å². The van der Waals surface area contributed by atoms with Crippen LogP contribution in [-0.2, 0) is 0 Å². The summed E-state index contributed by atoms with van der Waals surface area (Å²) in [7, 11) is 0. The van der Waals surface area contributed by atoms with Crippen LogP contribution in [0.4, 0.5) is 0 Å². The Morgan fingerprint density at radius 3 is 0.610 bits per heavy atom. The molecule has 0 saturated carbocycles. The van der Waals surface area contributed by atoms with Crippen LogP contribution in [0.1, 0.15) is 251 Å². The van der Waals surface area contributed by atoms with Crippen molar-refractivity contribution in [3.63, 3.8) is 0 Å². The molecule has 0 aromatic heterocycles. The first-order valence-electron chi connectivity index (χ1n) is 19.9. The highest BCUT2D eigenvalue weighted by Gasteiger charge is 2.03. The van der Waals surface area contributed by atoms with E-state index >= 15 is 0 Å². The smallest absolute Gasteiger partial charge is 0.0336 e. The summed E-state index contributed by atoms with van der Waals surface area (Å²) in [6.45, 7) is 4.58. The fraction of sp³-hybridized carbons (Fsp3) is 1.00. The van der Waals surface area contributed by atoms with Gasteiger partial charge in [0.05, 0.1) is 0 Å². The van der Waals surface area contributed by atoms with Crippen molar-refractivity contribution in [2.45, 2.75) is 257 Å². The highest BCUT2D eigenvalue weighted by Crippen LogP contribution is 2.19. The Hall–Kier alpha value is 0.290. The summed E-state index contributed by atoms with van der Waals surface area (Å²) >= 11 is 6.44. The molecule has 0 aliphatic rings. The molecule has 0 rings (SSSR count). The molecular weight excluding hydrogens is 516 g/mol. The molecule has 1 atom stereocenters. The summed E-state index contributed by atoms with van der Waals surface area (Å²) in [5, 5.41) is 0.440. The SMILES string of the molecule is CCCCCCCCCCCCCCCCCCCCCCCCCCCCCCCCCCC(Cl)CCCCC. The van der Waals surface area contributed by atoms with Crippen LogP contribution in [0.2, 0.25) is 0 Å². The minimum absolute atomic E-state index is 0.440. The molecule has 0 amide bonds. The van der Waals surface area contributed by atoms with E-state index < -0.39 is 0 Å². The second kappa shape index (κ2) is 38.3. The average Bonchev–Trinajstić information content (AvgIpc) is 2.98. The zero-order valence-electron chi connectivity index (χ0n) is 29.1. The maximum absolute atomic E-state index is 6.44. The second-order valence-electron chi connectivity index (χ2n) is 13.8. The summed E-state index contributed by atoms with van der Waals surface area (Å²) in [5.41, 5.74) is 0. The summed E-state index contributed by atoms with van der Waals surface area (Å²) < 4.78 is 0. The molecule has 1 heteroatoms. The molecule has 0 aromatic carbocycles. The minimum atomic E-state index is 0.440. The molecule has 0 heterocycles. The summed E-state index contributed by atoms with van der Waals surface area (Å²) in [4.78, 5) is 0. The van der Waals surface area contributed by atoms with Crippen LogP contribution in [0.25, 0.3) is 0 Å². The number of rotatable bonds is 37. The number of halogens is 1. The van der Waals surface area contributed by atoms with Crippen LogP contribution >= 0.6 is 11.6 Å². The summed E-state index contributed by atoms with van der Waals surface area (Å²) in [6, 6.07) is 0. The van der Waals surface area contributed by atoms with Crippen molar-refractivity contribution < 1.29 is 0 Å². The van der Waals surface area contributed by atoms with E-state index in [0.29, 0.717) is 5.38 Å². The predicted molar refractivity (Wildman–Crippen MR) is 192 cm³/mol. The standard InChI is InChI=1S/C40H81Cl/c1-3-5-7-8-9-10-11-12-13-14-15-16-17-18-19-20-21-22-23-24-25-26-27-28-29-30-31-32-33-34-35-37-39-40(41)38-36-6-4-2/h40H,3-39H2,1-2H3. The van der Waals surface area contributed by atoms with Gasteiger partial charge >= 0.3 is 0 Å². The third-order valence-electron chi connectivity index (χ3n) is 9.49. The van der Waals surface area contributed by atoms with Gasteiger partial charge < -0.3 is 0 Å². The van der Waals surface area contributed by atoms with Crippen LogP contribution in [-0.4, -0.2) is 5.38 Å². The molecule has 0 nitrogen and oxygen atoms in total. The monoisotopic (exact) mass is 597 g/mol. The van der Waals surface area contributed by atoms with E-state index in [0.717, 1.165) is 0 Å². The maximum Gasteiger partial charge on any atom is 0.0336 e. The zero-order valence-corrected chi connectivity index (χ0v) is 29.9. The number of alkyl halides is 1.